The molecule has 7 heteroatoms. The molecule has 0 bridgehead atoms. The maximum Gasteiger partial charge on any atom is 0.168 e. The molecule has 0 aliphatic heterocycles. The summed E-state index contributed by atoms with van der Waals surface area (Å²) < 4.78 is 7.16. The van der Waals surface area contributed by atoms with Gasteiger partial charge >= 0.3 is 0 Å². The summed E-state index contributed by atoms with van der Waals surface area (Å²) >= 11 is 3.24. The molecule has 0 atom stereocenters. The van der Waals surface area contributed by atoms with Crippen LogP contribution in [0.25, 0.3) is 10.6 Å². The van der Waals surface area contributed by atoms with Crippen molar-refractivity contribution in [1.29, 1.82) is 0 Å². The molecule has 2 aromatic heterocycles. The van der Waals surface area contributed by atoms with Crippen molar-refractivity contribution in [3.63, 3.8) is 0 Å². The molecule has 0 aliphatic rings. The molecule has 0 spiro atoms. The SMILES string of the molecule is COc1cccc(-c2nc(CSc3ncc(CO)n3C)cs2)c1. The van der Waals surface area contributed by atoms with Gasteiger partial charge in [-0.15, -0.1) is 11.3 Å². The molecule has 1 N–H and O–H groups in total. The second-order valence-electron chi connectivity index (χ2n) is 4.91. The van der Waals surface area contributed by atoms with Gasteiger partial charge in [-0.25, -0.2) is 9.97 Å². The highest BCUT2D eigenvalue weighted by Gasteiger charge is 2.09. The highest BCUT2D eigenvalue weighted by molar-refractivity contribution is 7.98. The molecule has 5 nitrogen and oxygen atoms in total. The third-order valence-electron chi connectivity index (χ3n) is 3.42. The van der Waals surface area contributed by atoms with E-state index in [1.54, 1.807) is 36.4 Å². The fraction of sp³-hybridized carbons (Fsp3) is 0.250. The standard InChI is InChI=1S/C16H17N3O2S2/c1-19-13(8-20)7-17-16(19)23-10-12-9-22-15(18-12)11-4-3-5-14(6-11)21-2/h3-7,9,20H,8,10H2,1-2H3. The van der Waals surface area contributed by atoms with Crippen LogP contribution in [0.15, 0.2) is 41.0 Å². The Labute approximate surface area is 143 Å². The topological polar surface area (TPSA) is 60.2 Å². The summed E-state index contributed by atoms with van der Waals surface area (Å²) in [6.45, 7) is 0.000743. The Kier molecular flexibility index (Phi) is 5.00. The van der Waals surface area contributed by atoms with E-state index in [9.17, 15) is 5.11 Å². The zero-order valence-electron chi connectivity index (χ0n) is 12.9. The van der Waals surface area contributed by atoms with Gasteiger partial charge < -0.3 is 14.4 Å². The number of benzene rings is 1. The Bertz CT molecular complexity index is 798. The number of aliphatic hydroxyl groups is 1. The van der Waals surface area contributed by atoms with Crippen molar-refractivity contribution >= 4 is 23.1 Å². The van der Waals surface area contributed by atoms with Crippen molar-refractivity contribution in [2.24, 2.45) is 7.05 Å². The van der Waals surface area contributed by atoms with E-state index in [1.807, 2.05) is 35.9 Å². The summed E-state index contributed by atoms with van der Waals surface area (Å²) in [5, 5.41) is 13.1. The van der Waals surface area contributed by atoms with E-state index < -0.39 is 0 Å². The number of hydrogen-bond donors (Lipinski definition) is 1. The molecule has 0 fully saturated rings. The van der Waals surface area contributed by atoms with Gasteiger partial charge in [-0.1, -0.05) is 23.9 Å². The highest BCUT2D eigenvalue weighted by Crippen LogP contribution is 2.29. The summed E-state index contributed by atoms with van der Waals surface area (Å²) in [5.74, 6) is 1.58. The van der Waals surface area contributed by atoms with Gasteiger partial charge in [0.05, 0.1) is 31.3 Å². The van der Waals surface area contributed by atoms with Gasteiger partial charge in [-0.2, -0.15) is 0 Å². The Morgan fingerprint density at radius 1 is 1.39 bits per heavy atom. The predicted octanol–water partition coefficient (Wildman–Crippen LogP) is 3.34. The quantitative estimate of drug-likeness (QED) is 0.693. The van der Waals surface area contributed by atoms with E-state index in [0.717, 1.165) is 38.6 Å². The first kappa shape index (κ1) is 16.0. The molecule has 120 valence electrons. The van der Waals surface area contributed by atoms with Crippen LogP contribution in [0.2, 0.25) is 0 Å². The van der Waals surface area contributed by atoms with Gasteiger partial charge in [-0.3, -0.25) is 0 Å². The van der Waals surface area contributed by atoms with Gasteiger partial charge in [0.2, 0.25) is 0 Å². The van der Waals surface area contributed by atoms with Crippen molar-refractivity contribution in [2.45, 2.75) is 17.5 Å². The van der Waals surface area contributed by atoms with E-state index in [-0.39, 0.29) is 6.61 Å². The van der Waals surface area contributed by atoms with Gasteiger partial charge in [0.1, 0.15) is 10.8 Å². The number of ether oxygens (including phenoxy) is 1. The Morgan fingerprint density at radius 2 is 2.26 bits per heavy atom. The van der Waals surface area contributed by atoms with Crippen LogP contribution in [0.5, 0.6) is 5.75 Å². The molecule has 0 radical (unpaired) electrons. The number of thioether (sulfide) groups is 1. The van der Waals surface area contributed by atoms with E-state index in [1.165, 1.54) is 0 Å². The average Bonchev–Trinajstić information content (AvgIpc) is 3.19. The minimum Gasteiger partial charge on any atom is -0.497 e. The number of aliphatic hydroxyl groups excluding tert-OH is 1. The van der Waals surface area contributed by atoms with Gasteiger partial charge in [-0.05, 0) is 12.1 Å². The maximum atomic E-state index is 9.20. The normalized spacial score (nSPS) is 10.9. The van der Waals surface area contributed by atoms with Gasteiger partial charge in [0, 0.05) is 23.7 Å². The summed E-state index contributed by atoms with van der Waals surface area (Å²) in [7, 11) is 3.57. The highest BCUT2D eigenvalue weighted by atomic mass is 32.2. The van der Waals surface area contributed by atoms with Crippen molar-refractivity contribution in [2.75, 3.05) is 7.11 Å². The molecule has 2 heterocycles. The second kappa shape index (κ2) is 7.16. The molecule has 3 rings (SSSR count). The smallest absolute Gasteiger partial charge is 0.168 e. The fourth-order valence-corrected chi connectivity index (χ4v) is 3.89. The van der Waals surface area contributed by atoms with Crippen molar-refractivity contribution in [1.82, 2.24) is 14.5 Å². The molecule has 3 aromatic rings. The number of hydrogen-bond acceptors (Lipinski definition) is 6. The zero-order chi connectivity index (χ0) is 16.2. The summed E-state index contributed by atoms with van der Waals surface area (Å²) in [6.07, 6.45) is 1.70. The van der Waals surface area contributed by atoms with Crippen LogP contribution in [0.3, 0.4) is 0 Å². The molecule has 0 saturated carbocycles. The number of nitrogens with zero attached hydrogens (tertiary/aromatic N) is 3. The first-order valence-corrected chi connectivity index (χ1v) is 8.91. The molecule has 0 unspecified atom stereocenters. The Hall–Kier alpha value is -1.83. The van der Waals surface area contributed by atoms with Gasteiger partial charge in [0.25, 0.3) is 0 Å². The molecule has 23 heavy (non-hydrogen) atoms. The first-order chi connectivity index (χ1) is 11.2. The van der Waals surface area contributed by atoms with Crippen LogP contribution in [0.4, 0.5) is 0 Å². The Balaban J connectivity index is 1.70. The molecule has 1 aromatic carbocycles. The summed E-state index contributed by atoms with van der Waals surface area (Å²) in [4.78, 5) is 9.00. The lowest BCUT2D eigenvalue weighted by Crippen LogP contribution is -1.97. The van der Waals surface area contributed by atoms with E-state index in [0.29, 0.717) is 0 Å². The van der Waals surface area contributed by atoms with Crippen LogP contribution in [0, 0.1) is 0 Å². The summed E-state index contributed by atoms with van der Waals surface area (Å²) in [5.41, 5.74) is 2.89. The molecule has 0 saturated heterocycles. The van der Waals surface area contributed by atoms with E-state index in [2.05, 4.69) is 15.3 Å². The maximum absolute atomic E-state index is 9.20. The molecule has 0 amide bonds. The van der Waals surface area contributed by atoms with Crippen LogP contribution >= 0.6 is 23.1 Å². The number of aromatic nitrogens is 3. The van der Waals surface area contributed by atoms with Crippen LogP contribution in [-0.4, -0.2) is 26.8 Å². The van der Waals surface area contributed by atoms with E-state index >= 15 is 0 Å². The molecule has 0 aliphatic carbocycles. The van der Waals surface area contributed by atoms with Crippen LogP contribution in [-0.2, 0) is 19.4 Å². The lowest BCUT2D eigenvalue weighted by atomic mass is 10.2. The average molecular weight is 347 g/mol. The number of imidazole rings is 1. The fourth-order valence-electron chi connectivity index (χ4n) is 2.11. The lowest BCUT2D eigenvalue weighted by Gasteiger charge is -2.02. The third kappa shape index (κ3) is 3.57. The lowest BCUT2D eigenvalue weighted by molar-refractivity contribution is 0.271. The number of methoxy groups -OCH3 is 1. The monoisotopic (exact) mass is 347 g/mol. The number of rotatable bonds is 6. The second-order valence-corrected chi connectivity index (χ2v) is 6.71. The van der Waals surface area contributed by atoms with Crippen LogP contribution in [0.1, 0.15) is 11.4 Å². The van der Waals surface area contributed by atoms with Gasteiger partial charge in [0.15, 0.2) is 5.16 Å². The zero-order valence-corrected chi connectivity index (χ0v) is 14.5. The van der Waals surface area contributed by atoms with Crippen molar-refractivity contribution in [3.05, 3.63) is 47.2 Å². The summed E-state index contributed by atoms with van der Waals surface area (Å²) in [6, 6.07) is 7.91. The predicted molar refractivity (Wildman–Crippen MR) is 92.8 cm³/mol. The minimum atomic E-state index is 0.000743. The van der Waals surface area contributed by atoms with Crippen LogP contribution < -0.4 is 4.74 Å². The number of thiazole rings is 1. The van der Waals surface area contributed by atoms with E-state index in [4.69, 9.17) is 4.74 Å². The first-order valence-electron chi connectivity index (χ1n) is 7.04. The van der Waals surface area contributed by atoms with Crippen molar-refractivity contribution < 1.29 is 9.84 Å². The van der Waals surface area contributed by atoms with Crippen molar-refractivity contribution in [3.8, 4) is 16.3 Å². The minimum absolute atomic E-state index is 0.000743. The largest absolute Gasteiger partial charge is 0.497 e. The molecular weight excluding hydrogens is 330 g/mol. The molecular formula is C16H17N3O2S2. The Morgan fingerprint density at radius 3 is 3.00 bits per heavy atom. The third-order valence-corrected chi connectivity index (χ3v) is 5.44.